The number of halogens is 1. The summed E-state index contributed by atoms with van der Waals surface area (Å²) in [5.41, 5.74) is 0. The first kappa shape index (κ1) is 18.1. The average molecular weight is 347 g/mol. The van der Waals surface area contributed by atoms with Crippen LogP contribution in [0.1, 0.15) is 29.4 Å². The summed E-state index contributed by atoms with van der Waals surface area (Å²) in [5, 5.41) is 4.18. The number of carbonyl (C=O) groups is 4. The first-order valence-electron chi connectivity index (χ1n) is 6.34. The number of hydrogen-bond donors (Lipinski definition) is 2. The summed E-state index contributed by atoms with van der Waals surface area (Å²) in [7, 11) is 1.35. The third-order valence-electron chi connectivity index (χ3n) is 2.55. The molecule has 0 saturated carbocycles. The monoisotopic (exact) mass is 346 g/mol. The van der Waals surface area contributed by atoms with Crippen molar-refractivity contribution in [3.63, 3.8) is 0 Å². The van der Waals surface area contributed by atoms with Gasteiger partial charge < -0.3 is 10.1 Å². The van der Waals surface area contributed by atoms with Crippen molar-refractivity contribution in [2.24, 2.45) is 0 Å². The number of hydrogen-bond acceptors (Lipinski definition) is 6. The molecule has 0 aromatic carbocycles. The summed E-state index contributed by atoms with van der Waals surface area (Å²) >= 11 is 6.85. The zero-order chi connectivity index (χ0) is 16.7. The largest absolute Gasteiger partial charge is 0.453 e. The number of amides is 3. The Morgan fingerprint density at radius 1 is 1.27 bits per heavy atom. The van der Waals surface area contributed by atoms with Gasteiger partial charge in [-0.3, -0.25) is 19.7 Å². The molecule has 9 heteroatoms. The normalized spacial score (nSPS) is 11.4. The van der Waals surface area contributed by atoms with Crippen molar-refractivity contribution in [1.29, 1.82) is 0 Å². The SMILES string of the molecule is CNC(=O)NC(=O)C(C)OC(=O)CCC(=O)c1ccc(Cl)s1. The van der Waals surface area contributed by atoms with Crippen LogP contribution in [0.4, 0.5) is 4.79 Å². The Bertz CT molecular complexity index is 587. The van der Waals surface area contributed by atoms with E-state index in [0.717, 1.165) is 11.3 Å². The van der Waals surface area contributed by atoms with Gasteiger partial charge in [-0.2, -0.15) is 0 Å². The zero-order valence-corrected chi connectivity index (χ0v) is 13.5. The second-order valence-electron chi connectivity index (χ2n) is 4.23. The number of Topliss-reactive ketones (excluding diaryl/α,β-unsaturated/α-hetero) is 1. The van der Waals surface area contributed by atoms with Gasteiger partial charge in [0, 0.05) is 13.5 Å². The number of ether oxygens (including phenoxy) is 1. The molecule has 1 rings (SSSR count). The predicted molar refractivity (Wildman–Crippen MR) is 81.0 cm³/mol. The van der Waals surface area contributed by atoms with Gasteiger partial charge in [0.15, 0.2) is 11.9 Å². The van der Waals surface area contributed by atoms with E-state index < -0.39 is 24.0 Å². The highest BCUT2D eigenvalue weighted by atomic mass is 35.5. The number of esters is 1. The van der Waals surface area contributed by atoms with Crippen LogP contribution in [0, 0.1) is 0 Å². The maximum Gasteiger partial charge on any atom is 0.321 e. The van der Waals surface area contributed by atoms with Crippen molar-refractivity contribution in [2.75, 3.05) is 7.05 Å². The van der Waals surface area contributed by atoms with Gasteiger partial charge in [0.2, 0.25) is 0 Å². The third kappa shape index (κ3) is 5.82. The molecule has 0 aliphatic rings. The predicted octanol–water partition coefficient (Wildman–Crippen LogP) is 1.75. The van der Waals surface area contributed by atoms with Gasteiger partial charge in [-0.05, 0) is 19.1 Å². The smallest absolute Gasteiger partial charge is 0.321 e. The van der Waals surface area contributed by atoms with Gasteiger partial charge in [0.25, 0.3) is 5.91 Å². The maximum absolute atomic E-state index is 11.8. The summed E-state index contributed by atoms with van der Waals surface area (Å²) < 4.78 is 5.33. The number of thiophene rings is 1. The lowest BCUT2D eigenvalue weighted by Crippen LogP contribution is -2.43. The lowest BCUT2D eigenvalue weighted by molar-refractivity contribution is -0.154. The molecule has 3 amide bonds. The summed E-state index contributed by atoms with van der Waals surface area (Å²) in [6.07, 6.45) is -1.33. The molecule has 0 spiro atoms. The first-order chi connectivity index (χ1) is 10.3. The topological polar surface area (TPSA) is 102 Å². The quantitative estimate of drug-likeness (QED) is 0.603. The van der Waals surface area contributed by atoms with Crippen molar-refractivity contribution >= 4 is 46.6 Å². The molecule has 22 heavy (non-hydrogen) atoms. The van der Waals surface area contributed by atoms with Crippen LogP contribution in [0.25, 0.3) is 0 Å². The minimum atomic E-state index is -1.13. The van der Waals surface area contributed by atoms with Gasteiger partial charge in [0.1, 0.15) is 0 Å². The molecule has 0 fully saturated rings. The van der Waals surface area contributed by atoms with Gasteiger partial charge >= 0.3 is 12.0 Å². The number of rotatable bonds is 6. The highest BCUT2D eigenvalue weighted by molar-refractivity contribution is 7.18. The Balaban J connectivity index is 2.38. The third-order valence-corrected chi connectivity index (χ3v) is 3.82. The molecule has 120 valence electrons. The lowest BCUT2D eigenvalue weighted by Gasteiger charge is -2.12. The fraction of sp³-hybridized carbons (Fsp3) is 0.385. The van der Waals surface area contributed by atoms with Crippen molar-refractivity contribution in [3.8, 4) is 0 Å². The van der Waals surface area contributed by atoms with Crippen molar-refractivity contribution in [1.82, 2.24) is 10.6 Å². The van der Waals surface area contributed by atoms with Crippen LogP contribution >= 0.6 is 22.9 Å². The van der Waals surface area contributed by atoms with E-state index in [4.69, 9.17) is 16.3 Å². The summed E-state index contributed by atoms with van der Waals surface area (Å²) in [6.45, 7) is 1.33. The van der Waals surface area contributed by atoms with Crippen LogP contribution in [0.2, 0.25) is 4.34 Å². The summed E-state index contributed by atoms with van der Waals surface area (Å²) in [5.74, 6) is -1.67. The molecular weight excluding hydrogens is 332 g/mol. The molecule has 0 bridgehead atoms. The van der Waals surface area contributed by atoms with Crippen LogP contribution in [0.5, 0.6) is 0 Å². The minimum Gasteiger partial charge on any atom is -0.453 e. The van der Waals surface area contributed by atoms with E-state index in [1.54, 1.807) is 12.1 Å². The molecule has 0 radical (unpaired) electrons. The van der Waals surface area contributed by atoms with Crippen molar-refractivity contribution in [3.05, 3.63) is 21.3 Å². The minimum absolute atomic E-state index is 0.0422. The summed E-state index contributed by atoms with van der Waals surface area (Å²) in [4.78, 5) is 46.2. The molecule has 0 saturated heterocycles. The molecule has 1 aromatic heterocycles. The van der Waals surface area contributed by atoms with Gasteiger partial charge in [0.05, 0.1) is 15.6 Å². The van der Waals surface area contributed by atoms with E-state index in [2.05, 4.69) is 5.32 Å². The Morgan fingerprint density at radius 2 is 1.95 bits per heavy atom. The number of nitrogens with one attached hydrogen (secondary N) is 2. The first-order valence-corrected chi connectivity index (χ1v) is 7.53. The van der Waals surface area contributed by atoms with E-state index in [1.165, 1.54) is 14.0 Å². The van der Waals surface area contributed by atoms with Crippen LogP contribution in [0.3, 0.4) is 0 Å². The van der Waals surface area contributed by atoms with Gasteiger partial charge in [-0.15, -0.1) is 11.3 Å². The van der Waals surface area contributed by atoms with E-state index >= 15 is 0 Å². The van der Waals surface area contributed by atoms with E-state index in [0.29, 0.717) is 9.21 Å². The second kappa shape index (κ2) is 8.50. The molecule has 1 heterocycles. The van der Waals surface area contributed by atoms with E-state index in [-0.39, 0.29) is 18.6 Å². The second-order valence-corrected chi connectivity index (χ2v) is 5.94. The molecule has 1 unspecified atom stereocenters. The Kier molecular flexibility index (Phi) is 7.00. The standard InChI is InChI=1S/C13H15ClN2O5S/c1-7(12(19)16-13(20)15-2)21-11(18)6-3-8(17)9-4-5-10(14)22-9/h4-5,7H,3,6H2,1-2H3,(H2,15,16,19,20). The average Bonchev–Trinajstić information content (AvgIpc) is 2.91. The number of imide groups is 1. The van der Waals surface area contributed by atoms with Crippen LogP contribution < -0.4 is 10.6 Å². The molecule has 0 aliphatic heterocycles. The number of carbonyl (C=O) groups excluding carboxylic acids is 4. The number of ketones is 1. The van der Waals surface area contributed by atoms with Crippen LogP contribution in [-0.2, 0) is 14.3 Å². The van der Waals surface area contributed by atoms with Gasteiger partial charge in [-0.25, -0.2) is 4.79 Å². The molecule has 1 aromatic rings. The molecule has 0 aliphatic carbocycles. The lowest BCUT2D eigenvalue weighted by atomic mass is 10.2. The van der Waals surface area contributed by atoms with Crippen molar-refractivity contribution < 1.29 is 23.9 Å². The molecule has 1 atom stereocenters. The Hall–Kier alpha value is -1.93. The maximum atomic E-state index is 11.8. The molecular formula is C13H15ClN2O5S. The fourth-order valence-electron chi connectivity index (χ4n) is 1.39. The van der Waals surface area contributed by atoms with Crippen LogP contribution in [0.15, 0.2) is 12.1 Å². The van der Waals surface area contributed by atoms with E-state index in [9.17, 15) is 19.2 Å². The van der Waals surface area contributed by atoms with Crippen LogP contribution in [-0.4, -0.2) is 36.8 Å². The Morgan fingerprint density at radius 3 is 2.50 bits per heavy atom. The highest BCUT2D eigenvalue weighted by Gasteiger charge is 2.20. The summed E-state index contributed by atoms with van der Waals surface area (Å²) in [6, 6.07) is 2.49. The molecule has 7 nitrogen and oxygen atoms in total. The van der Waals surface area contributed by atoms with Gasteiger partial charge in [-0.1, -0.05) is 11.6 Å². The van der Waals surface area contributed by atoms with Crippen molar-refractivity contribution in [2.45, 2.75) is 25.9 Å². The molecule has 2 N–H and O–H groups in total. The number of urea groups is 1. The van der Waals surface area contributed by atoms with E-state index in [1.807, 2.05) is 5.32 Å². The Labute approximate surface area is 136 Å². The fourth-order valence-corrected chi connectivity index (χ4v) is 2.40. The highest BCUT2D eigenvalue weighted by Crippen LogP contribution is 2.22. The zero-order valence-electron chi connectivity index (χ0n) is 12.0.